The van der Waals surface area contributed by atoms with E-state index >= 15 is 0 Å². The van der Waals surface area contributed by atoms with Crippen LogP contribution in [0.25, 0.3) is 0 Å². The number of aliphatic hydroxyl groups is 2. The van der Waals surface area contributed by atoms with Crippen molar-refractivity contribution in [2.75, 3.05) is 19.6 Å². The number of carbonyl (C=O) groups excluding carboxylic acids is 3. The van der Waals surface area contributed by atoms with Gasteiger partial charge in [-0.3, -0.25) is 14.5 Å². The van der Waals surface area contributed by atoms with Crippen LogP contribution in [-0.2, 0) is 14.3 Å². The van der Waals surface area contributed by atoms with E-state index in [2.05, 4.69) is 0 Å². The second kappa shape index (κ2) is 7.18. The molecule has 2 unspecified atom stereocenters. The number of hydrogen-bond donors (Lipinski definition) is 2. The Balaban J connectivity index is 1.82. The van der Waals surface area contributed by atoms with Crippen molar-refractivity contribution in [3.63, 3.8) is 0 Å². The van der Waals surface area contributed by atoms with Gasteiger partial charge in [0.15, 0.2) is 12.3 Å². The zero-order valence-electron chi connectivity index (χ0n) is 17.1. The summed E-state index contributed by atoms with van der Waals surface area (Å²) in [5.41, 5.74) is -1.77. The average Bonchev–Trinajstić information content (AvgIpc) is 3.26. The van der Waals surface area contributed by atoms with Crippen molar-refractivity contribution in [2.24, 2.45) is 0 Å². The number of aliphatic hydroxyl groups excluding tert-OH is 1. The fourth-order valence-corrected chi connectivity index (χ4v) is 4.69. The molecule has 1 spiro atoms. The smallest absolute Gasteiger partial charge is 0.411 e. The second-order valence-corrected chi connectivity index (χ2v) is 8.94. The van der Waals surface area contributed by atoms with Gasteiger partial charge in [-0.25, -0.2) is 4.79 Å². The molecule has 3 atom stereocenters. The van der Waals surface area contributed by atoms with Crippen molar-refractivity contribution in [1.82, 2.24) is 14.7 Å². The highest BCUT2D eigenvalue weighted by atomic mass is 16.6. The molecule has 0 radical (unpaired) electrons. The van der Waals surface area contributed by atoms with E-state index in [4.69, 9.17) is 4.74 Å². The molecule has 3 fully saturated rings. The molecular formula is C19H31N3O6. The van der Waals surface area contributed by atoms with Gasteiger partial charge in [0.25, 0.3) is 11.8 Å². The third kappa shape index (κ3) is 3.24. The number of likely N-dealkylation sites (tertiary alicyclic amines) is 3. The first-order valence-corrected chi connectivity index (χ1v) is 9.99. The normalized spacial score (nSPS) is 28.9. The molecule has 2 N–H and O–H groups in total. The molecule has 0 aromatic carbocycles. The summed E-state index contributed by atoms with van der Waals surface area (Å²) in [6.45, 7) is 8.53. The van der Waals surface area contributed by atoms with Gasteiger partial charge in [0.1, 0.15) is 11.1 Å². The fourth-order valence-electron chi connectivity index (χ4n) is 4.69. The maximum Gasteiger partial charge on any atom is 0.411 e. The molecule has 9 heteroatoms. The molecule has 0 aromatic rings. The Labute approximate surface area is 165 Å². The van der Waals surface area contributed by atoms with Gasteiger partial charge in [0.05, 0.1) is 6.04 Å². The molecular weight excluding hydrogens is 366 g/mol. The van der Waals surface area contributed by atoms with Crippen LogP contribution < -0.4 is 0 Å². The molecule has 0 saturated carbocycles. The summed E-state index contributed by atoms with van der Waals surface area (Å²) in [7, 11) is 0. The molecule has 3 saturated heterocycles. The Morgan fingerprint density at radius 3 is 2.25 bits per heavy atom. The Morgan fingerprint density at radius 2 is 1.75 bits per heavy atom. The number of hydrogen-bond acceptors (Lipinski definition) is 6. The summed E-state index contributed by atoms with van der Waals surface area (Å²) in [6, 6.07) is -1.87. The van der Waals surface area contributed by atoms with Gasteiger partial charge in [-0.15, -0.1) is 0 Å². The van der Waals surface area contributed by atoms with Gasteiger partial charge < -0.3 is 24.7 Å². The Morgan fingerprint density at radius 1 is 1.14 bits per heavy atom. The maximum absolute atomic E-state index is 13.2. The summed E-state index contributed by atoms with van der Waals surface area (Å²) in [5, 5.41) is 19.8. The molecule has 3 amide bonds. The Kier molecular flexibility index (Phi) is 5.35. The molecule has 3 heterocycles. The van der Waals surface area contributed by atoms with Crippen molar-refractivity contribution < 1.29 is 29.3 Å². The summed E-state index contributed by atoms with van der Waals surface area (Å²) in [5.74, 6) is -0.877. The minimum Gasteiger partial charge on any atom is -0.444 e. The van der Waals surface area contributed by atoms with E-state index in [9.17, 15) is 24.6 Å². The fraction of sp³-hybridized carbons (Fsp3) is 0.842. The molecule has 0 bridgehead atoms. The molecule has 3 aliphatic rings. The predicted molar refractivity (Wildman–Crippen MR) is 99.0 cm³/mol. The van der Waals surface area contributed by atoms with E-state index in [-0.39, 0.29) is 0 Å². The number of nitrogens with zero attached hydrogens (tertiary/aromatic N) is 3. The lowest BCUT2D eigenvalue weighted by molar-refractivity contribution is -0.198. The van der Waals surface area contributed by atoms with Crippen LogP contribution in [0.1, 0.15) is 53.4 Å². The summed E-state index contributed by atoms with van der Waals surface area (Å²) in [4.78, 5) is 43.0. The standard InChI is InChI=1S/C19H31N3O6/c1-12-19(8-7-11-21(19)17(27)28-18(2,3)4)16(26)22(12)13(15(24)25)14(23)20-9-5-6-10-20/h12-13,15,24-25H,5-11H2,1-4H3/t12?,13-,19?/m0/s1. The highest BCUT2D eigenvalue weighted by molar-refractivity contribution is 6.01. The Bertz CT molecular complexity index is 655. The van der Waals surface area contributed by atoms with Crippen LogP contribution in [-0.4, -0.2) is 92.0 Å². The second-order valence-electron chi connectivity index (χ2n) is 8.94. The molecule has 9 nitrogen and oxygen atoms in total. The largest absolute Gasteiger partial charge is 0.444 e. The molecule has 0 aliphatic carbocycles. The minimum absolute atomic E-state index is 0.394. The summed E-state index contributed by atoms with van der Waals surface area (Å²) < 4.78 is 5.46. The van der Waals surface area contributed by atoms with Crippen LogP contribution in [0.3, 0.4) is 0 Å². The van der Waals surface area contributed by atoms with Crippen LogP contribution in [0.15, 0.2) is 0 Å². The molecule has 3 rings (SSSR count). The van der Waals surface area contributed by atoms with E-state index < -0.39 is 47.4 Å². The molecule has 0 aromatic heterocycles. The van der Waals surface area contributed by atoms with E-state index in [0.717, 1.165) is 12.8 Å². The quantitative estimate of drug-likeness (QED) is 0.523. The number of amides is 3. The predicted octanol–water partition coefficient (Wildman–Crippen LogP) is 0.289. The number of rotatable bonds is 3. The van der Waals surface area contributed by atoms with Gasteiger partial charge in [0, 0.05) is 19.6 Å². The number of ether oxygens (including phenoxy) is 1. The van der Waals surface area contributed by atoms with Crippen molar-refractivity contribution >= 4 is 17.9 Å². The number of carbonyl (C=O) groups is 3. The van der Waals surface area contributed by atoms with Gasteiger partial charge in [-0.05, 0) is 53.4 Å². The summed E-state index contributed by atoms with van der Waals surface area (Å²) >= 11 is 0. The van der Waals surface area contributed by atoms with Crippen molar-refractivity contribution in [3.8, 4) is 0 Å². The lowest BCUT2D eigenvalue weighted by Gasteiger charge is -2.58. The van der Waals surface area contributed by atoms with Gasteiger partial charge in [-0.1, -0.05) is 0 Å². The van der Waals surface area contributed by atoms with E-state index in [1.165, 1.54) is 9.80 Å². The maximum atomic E-state index is 13.2. The average molecular weight is 397 g/mol. The van der Waals surface area contributed by atoms with Crippen LogP contribution in [0, 0.1) is 0 Å². The molecule has 158 valence electrons. The zero-order valence-corrected chi connectivity index (χ0v) is 17.1. The molecule has 28 heavy (non-hydrogen) atoms. The van der Waals surface area contributed by atoms with E-state index in [1.54, 1.807) is 32.6 Å². The highest BCUT2D eigenvalue weighted by Gasteiger charge is 2.68. The van der Waals surface area contributed by atoms with Crippen molar-refractivity contribution in [3.05, 3.63) is 0 Å². The van der Waals surface area contributed by atoms with Crippen molar-refractivity contribution in [1.29, 1.82) is 0 Å². The summed E-state index contributed by atoms with van der Waals surface area (Å²) in [6.07, 6.45) is 0.300. The SMILES string of the molecule is CC1N([C@@H](C(=O)N2CCCC2)C(O)O)C(=O)C12CCCN2C(=O)OC(C)(C)C. The van der Waals surface area contributed by atoms with E-state index in [0.29, 0.717) is 32.5 Å². The van der Waals surface area contributed by atoms with Gasteiger partial charge >= 0.3 is 6.09 Å². The minimum atomic E-state index is -1.98. The van der Waals surface area contributed by atoms with Gasteiger partial charge in [0.2, 0.25) is 0 Å². The molecule has 3 aliphatic heterocycles. The van der Waals surface area contributed by atoms with E-state index in [1.807, 2.05) is 0 Å². The lowest BCUT2D eigenvalue weighted by Crippen LogP contribution is -2.82. The number of β-lactam (4-membered cyclic amide) rings is 1. The monoisotopic (exact) mass is 397 g/mol. The van der Waals surface area contributed by atoms with Crippen LogP contribution >= 0.6 is 0 Å². The third-order valence-electron chi connectivity index (χ3n) is 6.00. The first-order chi connectivity index (χ1) is 13.0. The van der Waals surface area contributed by atoms with Crippen LogP contribution in [0.5, 0.6) is 0 Å². The topological polar surface area (TPSA) is 111 Å². The van der Waals surface area contributed by atoms with Crippen LogP contribution in [0.2, 0.25) is 0 Å². The first kappa shape index (κ1) is 20.9. The van der Waals surface area contributed by atoms with Crippen molar-refractivity contribution in [2.45, 2.75) is 82.9 Å². The van der Waals surface area contributed by atoms with Crippen LogP contribution in [0.4, 0.5) is 4.79 Å². The zero-order chi connectivity index (χ0) is 20.9. The third-order valence-corrected chi connectivity index (χ3v) is 6.00. The lowest BCUT2D eigenvalue weighted by atomic mass is 9.76. The first-order valence-electron chi connectivity index (χ1n) is 9.99. The Hall–Kier alpha value is -1.87. The highest BCUT2D eigenvalue weighted by Crippen LogP contribution is 2.46. The van der Waals surface area contributed by atoms with Gasteiger partial charge in [-0.2, -0.15) is 0 Å².